The molecule has 29 heavy (non-hydrogen) atoms. The lowest BCUT2D eigenvalue weighted by Crippen LogP contribution is -2.14. The molecule has 0 fully saturated rings. The minimum Gasteiger partial charge on any atom is -0.454 e. The molecule has 0 spiro atoms. The van der Waals surface area contributed by atoms with E-state index in [2.05, 4.69) is 10.3 Å². The van der Waals surface area contributed by atoms with Crippen LogP contribution in [0.4, 0.5) is 5.13 Å². The van der Waals surface area contributed by atoms with Crippen LogP contribution in [0.25, 0.3) is 11.3 Å². The van der Waals surface area contributed by atoms with Crippen LogP contribution >= 0.6 is 11.3 Å². The molecule has 0 saturated heterocycles. The number of hydrogen-bond acceptors (Lipinski definition) is 7. The number of thiazole rings is 1. The topological polar surface area (TPSA) is 94.6 Å². The summed E-state index contributed by atoms with van der Waals surface area (Å²) >= 11 is 1.31. The van der Waals surface area contributed by atoms with Gasteiger partial charge in [0.15, 0.2) is 26.5 Å². The van der Waals surface area contributed by atoms with E-state index in [1.807, 2.05) is 23.6 Å². The number of sulfone groups is 1. The van der Waals surface area contributed by atoms with Crippen molar-refractivity contribution in [1.29, 1.82) is 0 Å². The number of aromatic nitrogens is 1. The third kappa shape index (κ3) is 4.57. The number of anilines is 1. The quantitative estimate of drug-likeness (QED) is 0.614. The van der Waals surface area contributed by atoms with E-state index in [9.17, 15) is 13.2 Å². The van der Waals surface area contributed by atoms with Gasteiger partial charge in [-0.2, -0.15) is 0 Å². The maximum atomic E-state index is 12.3. The summed E-state index contributed by atoms with van der Waals surface area (Å²) in [5.41, 5.74) is 1.58. The van der Waals surface area contributed by atoms with E-state index in [1.165, 1.54) is 11.3 Å². The average Bonchev–Trinajstić information content (AvgIpc) is 3.37. The van der Waals surface area contributed by atoms with Crippen LogP contribution in [0.3, 0.4) is 0 Å². The van der Waals surface area contributed by atoms with Crippen molar-refractivity contribution >= 4 is 32.2 Å². The van der Waals surface area contributed by atoms with Crippen molar-refractivity contribution in [3.05, 3.63) is 53.9 Å². The van der Waals surface area contributed by atoms with E-state index in [0.29, 0.717) is 16.6 Å². The Kier molecular flexibility index (Phi) is 5.50. The lowest BCUT2D eigenvalue weighted by Gasteiger charge is -2.04. The smallest absolute Gasteiger partial charge is 0.231 e. The highest BCUT2D eigenvalue weighted by Gasteiger charge is 2.17. The Bertz CT molecular complexity index is 1130. The number of carbonyl (C=O) groups excluding carboxylic acids is 1. The van der Waals surface area contributed by atoms with Crippen LogP contribution in [0.5, 0.6) is 11.5 Å². The fourth-order valence-electron chi connectivity index (χ4n) is 2.87. The zero-order chi connectivity index (χ0) is 20.3. The molecule has 150 valence electrons. The Hall–Kier alpha value is -2.91. The maximum Gasteiger partial charge on any atom is 0.231 e. The zero-order valence-electron chi connectivity index (χ0n) is 15.3. The first-order chi connectivity index (χ1) is 14.0. The molecule has 1 aliphatic rings. The Morgan fingerprint density at radius 1 is 1.10 bits per heavy atom. The van der Waals surface area contributed by atoms with Gasteiger partial charge in [-0.25, -0.2) is 13.4 Å². The molecule has 0 atom stereocenters. The number of hydrogen-bond donors (Lipinski definition) is 1. The lowest BCUT2D eigenvalue weighted by atomic mass is 10.1. The highest BCUT2D eigenvalue weighted by atomic mass is 32.2. The first-order valence-corrected chi connectivity index (χ1v) is 11.5. The molecule has 0 unspecified atom stereocenters. The molecule has 9 heteroatoms. The summed E-state index contributed by atoms with van der Waals surface area (Å²) in [7, 11) is -3.38. The molecule has 4 rings (SSSR count). The van der Waals surface area contributed by atoms with Crippen molar-refractivity contribution < 1.29 is 22.7 Å². The van der Waals surface area contributed by atoms with Crippen molar-refractivity contribution in [3.8, 4) is 22.8 Å². The number of nitrogens with one attached hydrogen (secondary N) is 1. The number of carbonyl (C=O) groups is 1. The van der Waals surface area contributed by atoms with Crippen LogP contribution < -0.4 is 14.8 Å². The predicted octanol–water partition coefficient (Wildman–Crippen LogP) is 3.73. The molecule has 7 nitrogen and oxygen atoms in total. The van der Waals surface area contributed by atoms with E-state index in [0.717, 1.165) is 11.3 Å². The minimum absolute atomic E-state index is 0.0786. The molecule has 0 radical (unpaired) electrons. The molecule has 1 aliphatic heterocycles. The van der Waals surface area contributed by atoms with E-state index in [-0.39, 0.29) is 36.2 Å². The Morgan fingerprint density at radius 3 is 2.72 bits per heavy atom. The van der Waals surface area contributed by atoms with Crippen molar-refractivity contribution in [3.63, 3.8) is 0 Å². The van der Waals surface area contributed by atoms with Crippen molar-refractivity contribution in [1.82, 2.24) is 4.98 Å². The van der Waals surface area contributed by atoms with Crippen LogP contribution in [0.2, 0.25) is 0 Å². The number of fused-ring (bicyclic) bond motifs is 1. The summed E-state index contributed by atoms with van der Waals surface area (Å²) in [4.78, 5) is 16.9. The zero-order valence-corrected chi connectivity index (χ0v) is 17.0. The standard InChI is InChI=1S/C20H18N2O5S2/c23-19(7-4-10-29(24,25)15-5-2-1-3-6-15)22-20-21-16(12-28-20)14-8-9-17-18(11-14)27-13-26-17/h1-3,5-6,8-9,11-12H,4,7,10,13H2,(H,21,22,23). The first kappa shape index (κ1) is 19.4. The summed E-state index contributed by atoms with van der Waals surface area (Å²) in [5.74, 6) is 1.02. The normalized spacial score (nSPS) is 12.7. The van der Waals surface area contributed by atoms with Gasteiger partial charge in [-0.05, 0) is 36.8 Å². The van der Waals surface area contributed by atoms with E-state index in [4.69, 9.17) is 9.47 Å². The molecular formula is C20H18N2O5S2. The highest BCUT2D eigenvalue weighted by molar-refractivity contribution is 7.91. The largest absolute Gasteiger partial charge is 0.454 e. The Morgan fingerprint density at radius 2 is 1.90 bits per heavy atom. The van der Waals surface area contributed by atoms with Gasteiger partial charge < -0.3 is 14.8 Å². The number of ether oxygens (including phenoxy) is 2. The fourth-order valence-corrected chi connectivity index (χ4v) is 4.94. The van der Waals surface area contributed by atoms with Crippen molar-refractivity contribution in [2.75, 3.05) is 17.9 Å². The van der Waals surface area contributed by atoms with Gasteiger partial charge in [0.25, 0.3) is 0 Å². The van der Waals surface area contributed by atoms with Crippen molar-refractivity contribution in [2.24, 2.45) is 0 Å². The minimum atomic E-state index is -3.38. The molecule has 0 bridgehead atoms. The summed E-state index contributed by atoms with van der Waals surface area (Å²) in [6.45, 7) is 0.206. The second-order valence-electron chi connectivity index (χ2n) is 6.39. The van der Waals surface area contributed by atoms with Crippen LogP contribution in [0.15, 0.2) is 58.8 Å². The highest BCUT2D eigenvalue weighted by Crippen LogP contribution is 2.36. The number of benzene rings is 2. The monoisotopic (exact) mass is 430 g/mol. The van der Waals surface area contributed by atoms with E-state index >= 15 is 0 Å². The average molecular weight is 431 g/mol. The summed E-state index contributed by atoms with van der Waals surface area (Å²) in [6.07, 6.45) is 0.342. The Labute approximate surface area is 172 Å². The van der Waals surface area contributed by atoms with Gasteiger partial charge >= 0.3 is 0 Å². The third-order valence-electron chi connectivity index (χ3n) is 4.34. The molecule has 0 aliphatic carbocycles. The predicted molar refractivity (Wildman–Crippen MR) is 110 cm³/mol. The first-order valence-electron chi connectivity index (χ1n) is 8.94. The van der Waals surface area contributed by atoms with Crippen LogP contribution in [-0.2, 0) is 14.6 Å². The van der Waals surface area contributed by atoms with Crippen LogP contribution in [0, 0.1) is 0 Å². The van der Waals surface area contributed by atoms with Gasteiger partial charge in [-0.15, -0.1) is 11.3 Å². The number of amides is 1. The van der Waals surface area contributed by atoms with Gasteiger partial charge in [0.2, 0.25) is 12.7 Å². The number of nitrogens with zero attached hydrogens (tertiary/aromatic N) is 1. The van der Waals surface area contributed by atoms with Crippen molar-refractivity contribution in [2.45, 2.75) is 17.7 Å². The second kappa shape index (κ2) is 8.22. The maximum absolute atomic E-state index is 12.3. The molecular weight excluding hydrogens is 412 g/mol. The van der Waals surface area contributed by atoms with Gasteiger partial charge in [-0.3, -0.25) is 4.79 Å². The van der Waals surface area contributed by atoms with Gasteiger partial charge in [0.1, 0.15) is 0 Å². The molecule has 2 heterocycles. The van der Waals surface area contributed by atoms with Crippen LogP contribution in [0.1, 0.15) is 12.8 Å². The van der Waals surface area contributed by atoms with Gasteiger partial charge in [-0.1, -0.05) is 18.2 Å². The summed E-state index contributed by atoms with van der Waals surface area (Å²) in [6, 6.07) is 13.8. The molecule has 3 aromatic rings. The fraction of sp³-hybridized carbons (Fsp3) is 0.200. The lowest BCUT2D eigenvalue weighted by molar-refractivity contribution is -0.116. The van der Waals surface area contributed by atoms with Gasteiger partial charge in [0, 0.05) is 17.4 Å². The van der Waals surface area contributed by atoms with E-state index < -0.39 is 9.84 Å². The molecule has 1 N–H and O–H groups in total. The SMILES string of the molecule is O=C(CCCS(=O)(=O)c1ccccc1)Nc1nc(-c2ccc3c(c2)OCO3)cs1. The second-order valence-corrected chi connectivity index (χ2v) is 9.36. The summed E-state index contributed by atoms with van der Waals surface area (Å²) in [5, 5.41) is 5.03. The summed E-state index contributed by atoms with van der Waals surface area (Å²) < 4.78 is 35.2. The molecule has 1 amide bonds. The molecule has 2 aromatic carbocycles. The number of rotatable bonds is 7. The van der Waals surface area contributed by atoms with E-state index in [1.54, 1.807) is 30.3 Å². The van der Waals surface area contributed by atoms with Crippen LogP contribution in [-0.4, -0.2) is 31.9 Å². The third-order valence-corrected chi connectivity index (χ3v) is 6.91. The molecule has 0 saturated carbocycles. The van der Waals surface area contributed by atoms with Gasteiger partial charge in [0.05, 0.1) is 16.3 Å². The Balaban J connectivity index is 1.32. The molecule has 1 aromatic heterocycles.